The van der Waals surface area contributed by atoms with Crippen molar-refractivity contribution < 1.29 is 22.7 Å². The van der Waals surface area contributed by atoms with E-state index >= 15 is 0 Å². The van der Waals surface area contributed by atoms with Crippen LogP contribution in [0, 0.1) is 0 Å². The summed E-state index contributed by atoms with van der Waals surface area (Å²) in [5, 5.41) is 0. The van der Waals surface area contributed by atoms with Crippen LogP contribution in [0.1, 0.15) is 32.0 Å². The van der Waals surface area contributed by atoms with Crippen molar-refractivity contribution in [3.63, 3.8) is 0 Å². The van der Waals surface area contributed by atoms with Crippen LogP contribution in [0.15, 0.2) is 36.7 Å². The van der Waals surface area contributed by atoms with Crippen LogP contribution in [0.3, 0.4) is 0 Å². The van der Waals surface area contributed by atoms with Gasteiger partial charge in [-0.1, -0.05) is 18.2 Å². The zero-order valence-electron chi connectivity index (χ0n) is 13.5. The number of alkyl halides is 3. The molecular formula is C17H17F3N2O2. The van der Waals surface area contributed by atoms with Crippen LogP contribution in [-0.2, 0) is 21.1 Å². The molecule has 0 saturated carbocycles. The Morgan fingerprint density at radius 1 is 1.12 bits per heavy atom. The number of halogens is 3. The summed E-state index contributed by atoms with van der Waals surface area (Å²) in [6.07, 6.45) is -1.90. The minimum absolute atomic E-state index is 0.0171. The molecule has 0 amide bonds. The number of nitrogens with zero attached hydrogens (tertiary/aromatic N) is 2. The Morgan fingerprint density at radius 3 is 2.38 bits per heavy atom. The molecule has 0 aliphatic rings. The van der Waals surface area contributed by atoms with Crippen molar-refractivity contribution in [2.75, 3.05) is 6.61 Å². The summed E-state index contributed by atoms with van der Waals surface area (Å²) in [5.74, 6) is -0.573. The first kappa shape index (κ1) is 17.9. The van der Waals surface area contributed by atoms with E-state index in [0.29, 0.717) is 0 Å². The van der Waals surface area contributed by atoms with Crippen molar-refractivity contribution in [2.45, 2.75) is 32.4 Å². The molecule has 2 rings (SSSR count). The number of hydrogen-bond acceptors (Lipinski definition) is 4. The third kappa shape index (κ3) is 3.39. The summed E-state index contributed by atoms with van der Waals surface area (Å²) in [4.78, 5) is 20.4. The van der Waals surface area contributed by atoms with Gasteiger partial charge in [0.15, 0.2) is 0 Å². The molecule has 1 heterocycles. The maximum absolute atomic E-state index is 13.3. The first-order valence-corrected chi connectivity index (χ1v) is 7.35. The Bertz CT molecular complexity index is 743. The molecule has 0 saturated heterocycles. The monoisotopic (exact) mass is 338 g/mol. The third-order valence-corrected chi connectivity index (χ3v) is 3.56. The number of hydrogen-bond donors (Lipinski definition) is 0. The number of ether oxygens (including phenoxy) is 1. The number of carbonyl (C=O) groups excluding carboxylic acids is 1. The predicted octanol–water partition coefficient (Wildman–Crippen LogP) is 4.00. The number of carbonyl (C=O) groups is 1. The number of aromatic nitrogens is 2. The maximum atomic E-state index is 13.3. The summed E-state index contributed by atoms with van der Waals surface area (Å²) in [6, 6.07) is 5.09. The predicted molar refractivity (Wildman–Crippen MR) is 82.1 cm³/mol. The zero-order valence-corrected chi connectivity index (χ0v) is 13.5. The van der Waals surface area contributed by atoms with E-state index < -0.39 is 23.1 Å². The normalized spacial score (nSPS) is 12.1. The molecule has 128 valence electrons. The SMILES string of the molecule is CCOC(=O)C(C)(C)c1nccnc1-c1ccccc1C(F)(F)F. The molecule has 24 heavy (non-hydrogen) atoms. The Labute approximate surface area is 137 Å². The van der Waals surface area contributed by atoms with Gasteiger partial charge in [-0.05, 0) is 26.8 Å². The van der Waals surface area contributed by atoms with E-state index in [1.54, 1.807) is 20.8 Å². The second-order valence-electron chi connectivity index (χ2n) is 5.64. The molecule has 0 radical (unpaired) electrons. The van der Waals surface area contributed by atoms with Crippen LogP contribution in [-0.4, -0.2) is 22.5 Å². The highest BCUT2D eigenvalue weighted by molar-refractivity contribution is 5.84. The van der Waals surface area contributed by atoms with Gasteiger partial charge in [-0.3, -0.25) is 14.8 Å². The van der Waals surface area contributed by atoms with E-state index in [1.807, 2.05) is 0 Å². The summed E-state index contributed by atoms with van der Waals surface area (Å²) in [5.41, 5.74) is -2.03. The molecule has 0 N–H and O–H groups in total. The Balaban J connectivity index is 2.66. The average Bonchev–Trinajstić information content (AvgIpc) is 2.54. The van der Waals surface area contributed by atoms with Crippen molar-refractivity contribution in [1.82, 2.24) is 9.97 Å². The van der Waals surface area contributed by atoms with Gasteiger partial charge in [0.05, 0.1) is 23.6 Å². The van der Waals surface area contributed by atoms with E-state index in [-0.39, 0.29) is 23.6 Å². The Hall–Kier alpha value is -2.44. The Kier molecular flexibility index (Phi) is 4.91. The molecule has 0 fully saturated rings. The summed E-state index contributed by atoms with van der Waals surface area (Å²) < 4.78 is 44.9. The summed E-state index contributed by atoms with van der Waals surface area (Å²) >= 11 is 0. The lowest BCUT2D eigenvalue weighted by molar-refractivity contribution is -0.148. The lowest BCUT2D eigenvalue weighted by Gasteiger charge is -2.24. The molecule has 1 aromatic carbocycles. The first-order valence-electron chi connectivity index (χ1n) is 7.35. The van der Waals surface area contributed by atoms with Gasteiger partial charge in [-0.25, -0.2) is 0 Å². The fraction of sp³-hybridized carbons (Fsp3) is 0.353. The van der Waals surface area contributed by atoms with Crippen molar-refractivity contribution in [1.29, 1.82) is 0 Å². The lowest BCUT2D eigenvalue weighted by atomic mass is 9.85. The highest BCUT2D eigenvalue weighted by Gasteiger charge is 2.39. The van der Waals surface area contributed by atoms with Crippen LogP contribution >= 0.6 is 0 Å². The molecule has 0 unspecified atom stereocenters. The highest BCUT2D eigenvalue weighted by atomic mass is 19.4. The smallest absolute Gasteiger partial charge is 0.417 e. The van der Waals surface area contributed by atoms with Crippen molar-refractivity contribution in [3.8, 4) is 11.3 Å². The van der Waals surface area contributed by atoms with Crippen molar-refractivity contribution in [2.24, 2.45) is 0 Å². The van der Waals surface area contributed by atoms with Gasteiger partial charge < -0.3 is 4.74 Å². The fourth-order valence-electron chi connectivity index (χ4n) is 2.34. The molecule has 0 aliphatic heterocycles. The van der Waals surface area contributed by atoms with Crippen molar-refractivity contribution in [3.05, 3.63) is 47.9 Å². The van der Waals surface area contributed by atoms with E-state index in [1.165, 1.54) is 30.6 Å². The number of rotatable bonds is 4. The van der Waals surface area contributed by atoms with Crippen LogP contribution in [0.4, 0.5) is 13.2 Å². The van der Waals surface area contributed by atoms with Gasteiger partial charge in [0.1, 0.15) is 5.41 Å². The van der Waals surface area contributed by atoms with E-state index in [2.05, 4.69) is 9.97 Å². The molecule has 0 aliphatic carbocycles. The Morgan fingerprint density at radius 2 is 1.75 bits per heavy atom. The standard InChI is InChI=1S/C17H17F3N2O2/c1-4-24-15(23)16(2,3)14-13(21-9-10-22-14)11-7-5-6-8-12(11)17(18,19)20/h5-10H,4H2,1-3H3. The summed E-state index contributed by atoms with van der Waals surface area (Å²) in [6.45, 7) is 4.92. The molecule has 2 aromatic rings. The molecule has 0 spiro atoms. The van der Waals surface area contributed by atoms with Crippen LogP contribution in [0.5, 0.6) is 0 Å². The second kappa shape index (κ2) is 6.59. The topological polar surface area (TPSA) is 52.1 Å². The molecule has 7 heteroatoms. The minimum atomic E-state index is -4.54. The van der Waals surface area contributed by atoms with E-state index in [0.717, 1.165) is 6.07 Å². The van der Waals surface area contributed by atoms with Gasteiger partial charge in [-0.2, -0.15) is 13.2 Å². The summed E-state index contributed by atoms with van der Waals surface area (Å²) in [7, 11) is 0. The fourth-order valence-corrected chi connectivity index (χ4v) is 2.34. The van der Waals surface area contributed by atoms with E-state index in [4.69, 9.17) is 4.74 Å². The maximum Gasteiger partial charge on any atom is 0.417 e. The van der Waals surface area contributed by atoms with Gasteiger partial charge in [0, 0.05) is 18.0 Å². The largest absolute Gasteiger partial charge is 0.465 e. The van der Waals surface area contributed by atoms with Gasteiger partial charge in [0.2, 0.25) is 0 Å². The zero-order chi connectivity index (χ0) is 18.0. The van der Waals surface area contributed by atoms with Crippen LogP contribution in [0.2, 0.25) is 0 Å². The average molecular weight is 338 g/mol. The first-order chi connectivity index (χ1) is 11.2. The number of benzene rings is 1. The van der Waals surface area contributed by atoms with Gasteiger partial charge in [0.25, 0.3) is 0 Å². The second-order valence-corrected chi connectivity index (χ2v) is 5.64. The van der Waals surface area contributed by atoms with Crippen molar-refractivity contribution >= 4 is 5.97 Å². The number of esters is 1. The molecular weight excluding hydrogens is 321 g/mol. The van der Waals surface area contributed by atoms with Crippen LogP contribution in [0.25, 0.3) is 11.3 Å². The van der Waals surface area contributed by atoms with Gasteiger partial charge >= 0.3 is 12.1 Å². The molecule has 0 atom stereocenters. The van der Waals surface area contributed by atoms with E-state index in [9.17, 15) is 18.0 Å². The lowest BCUT2D eigenvalue weighted by Crippen LogP contribution is -2.33. The van der Waals surface area contributed by atoms with Crippen LogP contribution < -0.4 is 0 Å². The molecule has 4 nitrogen and oxygen atoms in total. The quantitative estimate of drug-likeness (QED) is 0.791. The minimum Gasteiger partial charge on any atom is -0.465 e. The highest BCUT2D eigenvalue weighted by Crippen LogP contribution is 2.39. The van der Waals surface area contributed by atoms with Gasteiger partial charge in [-0.15, -0.1) is 0 Å². The third-order valence-electron chi connectivity index (χ3n) is 3.56. The molecule has 1 aromatic heterocycles. The molecule has 0 bridgehead atoms.